The molecular formula is C11H16N2OS. The lowest BCUT2D eigenvalue weighted by Crippen LogP contribution is -2.26. The first-order chi connectivity index (χ1) is 7.38. The van der Waals surface area contributed by atoms with Crippen LogP contribution in [0, 0.1) is 0 Å². The van der Waals surface area contributed by atoms with E-state index in [1.165, 1.54) is 24.3 Å². The number of methoxy groups -OCH3 is 1. The molecule has 0 bridgehead atoms. The number of thioether (sulfide) groups is 1. The number of rotatable bonds is 3. The minimum Gasteiger partial charge on any atom is -0.497 e. The van der Waals surface area contributed by atoms with E-state index in [1.54, 1.807) is 13.3 Å². The number of anilines is 1. The lowest BCUT2D eigenvalue weighted by atomic mass is 10.2. The van der Waals surface area contributed by atoms with Gasteiger partial charge in [-0.1, -0.05) is 0 Å². The zero-order chi connectivity index (χ0) is 10.5. The molecule has 2 rings (SSSR count). The quantitative estimate of drug-likeness (QED) is 0.855. The second-order valence-electron chi connectivity index (χ2n) is 3.64. The number of nitrogens with one attached hydrogen (secondary N) is 1. The molecule has 1 fully saturated rings. The first-order valence-corrected chi connectivity index (χ1v) is 6.38. The topological polar surface area (TPSA) is 34.1 Å². The Balaban J connectivity index is 1.96. The fourth-order valence-electron chi connectivity index (χ4n) is 1.68. The van der Waals surface area contributed by atoms with Crippen LogP contribution in [-0.4, -0.2) is 29.6 Å². The molecule has 1 unspecified atom stereocenters. The maximum absolute atomic E-state index is 5.16. The average Bonchev–Trinajstić information content (AvgIpc) is 2.31. The number of hydrogen-bond donors (Lipinski definition) is 1. The van der Waals surface area contributed by atoms with Crippen molar-refractivity contribution in [3.05, 3.63) is 18.3 Å². The molecule has 1 atom stereocenters. The van der Waals surface area contributed by atoms with Crippen LogP contribution in [0.4, 0.5) is 5.82 Å². The van der Waals surface area contributed by atoms with Gasteiger partial charge in [-0.05, 0) is 24.7 Å². The number of nitrogens with zero attached hydrogens (tertiary/aromatic N) is 1. The van der Waals surface area contributed by atoms with Gasteiger partial charge in [0.1, 0.15) is 11.6 Å². The summed E-state index contributed by atoms with van der Waals surface area (Å²) >= 11 is 2.01. The monoisotopic (exact) mass is 224 g/mol. The van der Waals surface area contributed by atoms with Crippen LogP contribution in [0.5, 0.6) is 5.75 Å². The molecule has 15 heavy (non-hydrogen) atoms. The molecule has 4 heteroatoms. The van der Waals surface area contributed by atoms with E-state index in [9.17, 15) is 0 Å². The molecule has 1 N–H and O–H groups in total. The molecule has 0 spiro atoms. The highest BCUT2D eigenvalue weighted by atomic mass is 32.2. The predicted octanol–water partition coefficient (Wildman–Crippen LogP) is 2.40. The van der Waals surface area contributed by atoms with Crippen LogP contribution in [0.25, 0.3) is 0 Å². The van der Waals surface area contributed by atoms with E-state index >= 15 is 0 Å². The summed E-state index contributed by atoms with van der Waals surface area (Å²) in [5.74, 6) is 4.25. The van der Waals surface area contributed by atoms with Crippen LogP contribution in [-0.2, 0) is 0 Å². The summed E-state index contributed by atoms with van der Waals surface area (Å²) in [6, 6.07) is 4.36. The van der Waals surface area contributed by atoms with Crippen molar-refractivity contribution in [1.29, 1.82) is 0 Å². The summed E-state index contributed by atoms with van der Waals surface area (Å²) in [5.41, 5.74) is 0. The van der Waals surface area contributed by atoms with E-state index in [-0.39, 0.29) is 0 Å². The molecule has 3 nitrogen and oxygen atoms in total. The zero-order valence-electron chi connectivity index (χ0n) is 8.90. The molecule has 1 aliphatic rings. The number of ether oxygens (including phenoxy) is 1. The van der Waals surface area contributed by atoms with Crippen LogP contribution >= 0.6 is 11.8 Å². The molecular weight excluding hydrogens is 208 g/mol. The van der Waals surface area contributed by atoms with Crippen LogP contribution < -0.4 is 10.1 Å². The lowest BCUT2D eigenvalue weighted by Gasteiger charge is -2.22. The third-order valence-corrected chi connectivity index (χ3v) is 3.69. The van der Waals surface area contributed by atoms with Crippen molar-refractivity contribution >= 4 is 17.6 Å². The fourth-order valence-corrected chi connectivity index (χ4v) is 2.75. The minimum absolute atomic E-state index is 0.559. The van der Waals surface area contributed by atoms with Gasteiger partial charge in [0.15, 0.2) is 0 Å². The van der Waals surface area contributed by atoms with Gasteiger partial charge in [-0.3, -0.25) is 0 Å². The zero-order valence-corrected chi connectivity index (χ0v) is 9.72. The first kappa shape index (κ1) is 10.6. The molecule has 0 radical (unpaired) electrons. The Morgan fingerprint density at radius 2 is 2.53 bits per heavy atom. The third kappa shape index (κ3) is 3.02. The Hall–Kier alpha value is -0.900. The normalized spacial score (nSPS) is 21.0. The summed E-state index contributed by atoms with van der Waals surface area (Å²) < 4.78 is 5.16. The van der Waals surface area contributed by atoms with Crippen LogP contribution in [0.15, 0.2) is 18.3 Å². The van der Waals surface area contributed by atoms with Crippen molar-refractivity contribution in [2.45, 2.75) is 18.9 Å². The molecule has 0 amide bonds. The summed E-state index contributed by atoms with van der Waals surface area (Å²) in [6.07, 6.45) is 4.31. The van der Waals surface area contributed by atoms with E-state index in [2.05, 4.69) is 10.3 Å². The van der Waals surface area contributed by atoms with Crippen molar-refractivity contribution in [2.75, 3.05) is 23.9 Å². The second-order valence-corrected chi connectivity index (χ2v) is 4.79. The fraction of sp³-hybridized carbons (Fsp3) is 0.545. The molecule has 82 valence electrons. The van der Waals surface area contributed by atoms with Crippen molar-refractivity contribution in [1.82, 2.24) is 4.98 Å². The molecule has 0 aromatic carbocycles. The Labute approximate surface area is 94.6 Å². The Kier molecular flexibility index (Phi) is 3.72. The molecule has 1 aromatic rings. The van der Waals surface area contributed by atoms with E-state index in [1.807, 2.05) is 23.9 Å². The Morgan fingerprint density at radius 1 is 1.60 bits per heavy atom. The van der Waals surface area contributed by atoms with Crippen LogP contribution in [0.3, 0.4) is 0 Å². The van der Waals surface area contributed by atoms with E-state index in [0.29, 0.717) is 6.04 Å². The first-order valence-electron chi connectivity index (χ1n) is 5.23. The lowest BCUT2D eigenvalue weighted by molar-refractivity contribution is 0.414. The number of pyridine rings is 1. The molecule has 1 saturated heterocycles. The van der Waals surface area contributed by atoms with Gasteiger partial charge in [-0.25, -0.2) is 4.98 Å². The minimum atomic E-state index is 0.559. The van der Waals surface area contributed by atoms with Gasteiger partial charge in [0.05, 0.1) is 7.11 Å². The van der Waals surface area contributed by atoms with E-state index in [4.69, 9.17) is 4.74 Å². The van der Waals surface area contributed by atoms with Gasteiger partial charge in [0, 0.05) is 24.1 Å². The van der Waals surface area contributed by atoms with Crippen molar-refractivity contribution in [3.63, 3.8) is 0 Å². The van der Waals surface area contributed by atoms with E-state index in [0.717, 1.165) is 11.6 Å². The Morgan fingerprint density at radius 3 is 3.27 bits per heavy atom. The predicted molar refractivity (Wildman–Crippen MR) is 64.8 cm³/mol. The Bertz CT molecular complexity index is 313. The van der Waals surface area contributed by atoms with Crippen LogP contribution in [0.2, 0.25) is 0 Å². The van der Waals surface area contributed by atoms with Gasteiger partial charge in [-0.2, -0.15) is 11.8 Å². The van der Waals surface area contributed by atoms with Crippen molar-refractivity contribution in [3.8, 4) is 5.75 Å². The smallest absolute Gasteiger partial charge is 0.129 e. The summed E-state index contributed by atoms with van der Waals surface area (Å²) in [4.78, 5) is 4.28. The average molecular weight is 224 g/mol. The third-order valence-electron chi connectivity index (χ3n) is 2.48. The summed E-state index contributed by atoms with van der Waals surface area (Å²) in [6.45, 7) is 0. The molecule has 0 saturated carbocycles. The highest BCUT2D eigenvalue weighted by Gasteiger charge is 2.13. The summed E-state index contributed by atoms with van der Waals surface area (Å²) in [5, 5.41) is 3.44. The van der Waals surface area contributed by atoms with Crippen molar-refractivity contribution < 1.29 is 4.74 Å². The maximum Gasteiger partial charge on any atom is 0.129 e. The van der Waals surface area contributed by atoms with Gasteiger partial charge in [0.25, 0.3) is 0 Å². The second kappa shape index (κ2) is 5.26. The SMILES string of the molecule is COc1ccnc(NC2CCCSC2)c1. The highest BCUT2D eigenvalue weighted by molar-refractivity contribution is 7.99. The van der Waals surface area contributed by atoms with Crippen molar-refractivity contribution in [2.24, 2.45) is 0 Å². The van der Waals surface area contributed by atoms with E-state index < -0.39 is 0 Å². The number of hydrogen-bond acceptors (Lipinski definition) is 4. The largest absolute Gasteiger partial charge is 0.497 e. The standard InChI is InChI=1S/C11H16N2OS/c1-14-10-4-5-12-11(7-10)13-9-3-2-6-15-8-9/h4-5,7,9H,2-3,6,8H2,1H3,(H,12,13). The highest BCUT2D eigenvalue weighted by Crippen LogP contribution is 2.21. The van der Waals surface area contributed by atoms with Gasteiger partial charge in [0.2, 0.25) is 0 Å². The molecule has 2 heterocycles. The molecule has 1 aliphatic heterocycles. The van der Waals surface area contributed by atoms with Gasteiger partial charge in [-0.15, -0.1) is 0 Å². The molecule has 1 aromatic heterocycles. The van der Waals surface area contributed by atoms with Gasteiger partial charge >= 0.3 is 0 Å². The van der Waals surface area contributed by atoms with Gasteiger partial charge < -0.3 is 10.1 Å². The summed E-state index contributed by atoms with van der Waals surface area (Å²) in [7, 11) is 1.68. The number of aromatic nitrogens is 1. The van der Waals surface area contributed by atoms with Crippen LogP contribution in [0.1, 0.15) is 12.8 Å². The molecule has 0 aliphatic carbocycles. The maximum atomic E-state index is 5.16.